The van der Waals surface area contributed by atoms with E-state index in [9.17, 15) is 4.79 Å². The van der Waals surface area contributed by atoms with Gasteiger partial charge in [-0.25, -0.2) is 0 Å². The van der Waals surface area contributed by atoms with E-state index in [1.807, 2.05) is 24.3 Å². The van der Waals surface area contributed by atoms with Gasteiger partial charge in [-0.05, 0) is 40.4 Å². The van der Waals surface area contributed by atoms with Crippen LogP contribution in [0.15, 0.2) is 28.7 Å². The molecule has 3 heteroatoms. The average Bonchev–Trinajstić information content (AvgIpc) is 2.97. The topological polar surface area (TPSA) is 29.1 Å². The second kappa shape index (κ2) is 4.35. The smallest absolute Gasteiger partial charge is 0.252 e. The van der Waals surface area contributed by atoms with E-state index in [-0.39, 0.29) is 5.91 Å². The number of carbonyl (C=O) groups excluding carboxylic acids is 1. The van der Waals surface area contributed by atoms with Crippen LogP contribution < -0.4 is 5.32 Å². The lowest BCUT2D eigenvalue weighted by molar-refractivity contribution is 0.0948. The Morgan fingerprint density at radius 3 is 2.87 bits per heavy atom. The molecule has 1 aromatic carbocycles. The van der Waals surface area contributed by atoms with Gasteiger partial charge in [-0.3, -0.25) is 4.79 Å². The summed E-state index contributed by atoms with van der Waals surface area (Å²) in [6.07, 6.45) is 2.29. The number of hydrogen-bond donors (Lipinski definition) is 1. The highest BCUT2D eigenvalue weighted by Crippen LogP contribution is 2.33. The average molecular weight is 268 g/mol. The summed E-state index contributed by atoms with van der Waals surface area (Å²) < 4.78 is 0.858. The molecule has 1 aromatic rings. The highest BCUT2D eigenvalue weighted by atomic mass is 79.9. The van der Waals surface area contributed by atoms with Crippen molar-refractivity contribution in [3.63, 3.8) is 0 Å². The Morgan fingerprint density at radius 2 is 2.27 bits per heavy atom. The Kier molecular flexibility index (Phi) is 3.10. The fourth-order valence-corrected chi connectivity index (χ4v) is 2.23. The van der Waals surface area contributed by atoms with Crippen LogP contribution in [0.3, 0.4) is 0 Å². The Labute approximate surface area is 98.2 Å². The maximum atomic E-state index is 11.8. The summed E-state index contributed by atoms with van der Waals surface area (Å²) in [4.78, 5) is 11.8. The molecule has 2 atom stereocenters. The molecule has 0 aromatic heterocycles. The molecule has 1 saturated carbocycles. The van der Waals surface area contributed by atoms with Crippen LogP contribution in [0.2, 0.25) is 0 Å². The van der Waals surface area contributed by atoms with Gasteiger partial charge in [0.15, 0.2) is 0 Å². The first-order chi connectivity index (χ1) is 7.22. The summed E-state index contributed by atoms with van der Waals surface area (Å²) >= 11 is 3.38. The van der Waals surface area contributed by atoms with E-state index >= 15 is 0 Å². The van der Waals surface area contributed by atoms with Crippen LogP contribution in [0, 0.1) is 5.92 Å². The van der Waals surface area contributed by atoms with Crippen molar-refractivity contribution in [1.29, 1.82) is 0 Å². The monoisotopic (exact) mass is 267 g/mol. The third-order valence-electron chi connectivity index (χ3n) is 2.88. The van der Waals surface area contributed by atoms with Crippen LogP contribution in [0.1, 0.15) is 30.1 Å². The van der Waals surface area contributed by atoms with Crippen LogP contribution in [0.4, 0.5) is 0 Å². The summed E-state index contributed by atoms with van der Waals surface area (Å²) in [5.41, 5.74) is 0.722. The third kappa shape index (κ3) is 2.40. The van der Waals surface area contributed by atoms with E-state index in [0.29, 0.717) is 12.0 Å². The standard InChI is InChI=1S/C12H14BrNO/c1-2-8-7-11(8)14-12(15)9-5-3-4-6-10(9)13/h3-6,8,11H,2,7H2,1H3,(H,14,15). The number of nitrogens with one attached hydrogen (secondary N) is 1. The second-order valence-electron chi connectivity index (χ2n) is 3.96. The predicted molar refractivity (Wildman–Crippen MR) is 63.8 cm³/mol. The fraction of sp³-hybridized carbons (Fsp3) is 0.417. The molecule has 0 saturated heterocycles. The normalized spacial score (nSPS) is 23.6. The second-order valence-corrected chi connectivity index (χ2v) is 4.82. The van der Waals surface area contributed by atoms with Gasteiger partial charge in [-0.15, -0.1) is 0 Å². The molecule has 1 amide bonds. The number of carbonyl (C=O) groups is 1. The molecule has 2 rings (SSSR count). The molecule has 1 aliphatic carbocycles. The van der Waals surface area contributed by atoms with Gasteiger partial charge in [0.05, 0.1) is 5.56 Å². The first-order valence-corrected chi connectivity index (χ1v) is 6.07. The molecule has 0 heterocycles. The summed E-state index contributed by atoms with van der Waals surface area (Å²) in [5, 5.41) is 3.04. The molecule has 1 aliphatic rings. The van der Waals surface area contributed by atoms with Crippen LogP contribution in [0.25, 0.3) is 0 Å². The third-order valence-corrected chi connectivity index (χ3v) is 3.57. The fourth-order valence-electron chi connectivity index (χ4n) is 1.77. The van der Waals surface area contributed by atoms with E-state index < -0.39 is 0 Å². The van der Waals surface area contributed by atoms with Gasteiger partial charge in [-0.1, -0.05) is 25.5 Å². The van der Waals surface area contributed by atoms with Gasteiger partial charge < -0.3 is 5.32 Å². The molecule has 0 bridgehead atoms. The minimum Gasteiger partial charge on any atom is -0.349 e. The van der Waals surface area contributed by atoms with Crippen LogP contribution in [0.5, 0.6) is 0 Å². The van der Waals surface area contributed by atoms with Crippen molar-refractivity contribution in [3.05, 3.63) is 34.3 Å². The molecular formula is C12H14BrNO. The minimum absolute atomic E-state index is 0.0309. The molecule has 2 unspecified atom stereocenters. The Bertz CT molecular complexity index is 378. The quantitative estimate of drug-likeness (QED) is 0.897. The number of hydrogen-bond acceptors (Lipinski definition) is 1. The molecule has 1 N–H and O–H groups in total. The molecule has 0 radical (unpaired) electrons. The molecule has 2 nitrogen and oxygen atoms in total. The molecule has 0 spiro atoms. The Hall–Kier alpha value is -0.830. The first-order valence-electron chi connectivity index (χ1n) is 5.27. The van der Waals surface area contributed by atoms with Crippen molar-refractivity contribution < 1.29 is 4.79 Å². The van der Waals surface area contributed by atoms with Crippen molar-refractivity contribution in [3.8, 4) is 0 Å². The summed E-state index contributed by atoms with van der Waals surface area (Å²) in [7, 11) is 0. The SMILES string of the molecule is CCC1CC1NC(=O)c1ccccc1Br. The van der Waals surface area contributed by atoms with Crippen LogP contribution >= 0.6 is 15.9 Å². The van der Waals surface area contributed by atoms with Crippen molar-refractivity contribution in [2.75, 3.05) is 0 Å². The van der Waals surface area contributed by atoms with E-state index in [1.165, 1.54) is 0 Å². The molecule has 80 valence electrons. The van der Waals surface area contributed by atoms with Crippen LogP contribution in [-0.2, 0) is 0 Å². The summed E-state index contributed by atoms with van der Waals surface area (Å²) in [6, 6.07) is 7.91. The highest BCUT2D eigenvalue weighted by Gasteiger charge is 2.36. The van der Waals surface area contributed by atoms with Gasteiger partial charge in [-0.2, -0.15) is 0 Å². The van der Waals surface area contributed by atoms with Crippen LogP contribution in [-0.4, -0.2) is 11.9 Å². The van der Waals surface area contributed by atoms with Crippen molar-refractivity contribution >= 4 is 21.8 Å². The van der Waals surface area contributed by atoms with Gasteiger partial charge in [0.2, 0.25) is 0 Å². The Morgan fingerprint density at radius 1 is 1.53 bits per heavy atom. The number of amides is 1. The van der Waals surface area contributed by atoms with Crippen molar-refractivity contribution in [1.82, 2.24) is 5.32 Å². The number of halogens is 1. The zero-order chi connectivity index (χ0) is 10.8. The zero-order valence-electron chi connectivity index (χ0n) is 8.66. The first kappa shape index (κ1) is 10.7. The largest absolute Gasteiger partial charge is 0.349 e. The van der Waals surface area contributed by atoms with E-state index in [1.54, 1.807) is 0 Å². The predicted octanol–water partition coefficient (Wildman–Crippen LogP) is 2.98. The van der Waals surface area contributed by atoms with Gasteiger partial charge in [0.25, 0.3) is 5.91 Å². The maximum Gasteiger partial charge on any atom is 0.252 e. The van der Waals surface area contributed by atoms with E-state index in [4.69, 9.17) is 0 Å². The van der Waals surface area contributed by atoms with Crippen molar-refractivity contribution in [2.45, 2.75) is 25.8 Å². The molecule has 0 aliphatic heterocycles. The van der Waals surface area contributed by atoms with Gasteiger partial charge in [0.1, 0.15) is 0 Å². The number of rotatable bonds is 3. The van der Waals surface area contributed by atoms with Crippen molar-refractivity contribution in [2.24, 2.45) is 5.92 Å². The van der Waals surface area contributed by atoms with Gasteiger partial charge in [0, 0.05) is 10.5 Å². The number of benzene rings is 1. The summed E-state index contributed by atoms with van der Waals surface area (Å²) in [5.74, 6) is 0.722. The molecule has 1 fully saturated rings. The lowest BCUT2D eigenvalue weighted by Crippen LogP contribution is -2.27. The lowest BCUT2D eigenvalue weighted by atomic mass is 10.2. The molecule has 15 heavy (non-hydrogen) atoms. The maximum absolute atomic E-state index is 11.8. The van der Waals surface area contributed by atoms with Gasteiger partial charge >= 0.3 is 0 Å². The minimum atomic E-state index is 0.0309. The highest BCUT2D eigenvalue weighted by molar-refractivity contribution is 9.10. The lowest BCUT2D eigenvalue weighted by Gasteiger charge is -2.05. The zero-order valence-corrected chi connectivity index (χ0v) is 10.3. The van der Waals surface area contributed by atoms with E-state index in [0.717, 1.165) is 22.9 Å². The Balaban J connectivity index is 2.00. The van der Waals surface area contributed by atoms with E-state index in [2.05, 4.69) is 28.2 Å². The molecular weight excluding hydrogens is 254 g/mol. The summed E-state index contributed by atoms with van der Waals surface area (Å²) in [6.45, 7) is 2.16.